The first-order chi connectivity index (χ1) is 65.8. The van der Waals surface area contributed by atoms with Crippen LogP contribution in [0.5, 0.6) is 0 Å². The summed E-state index contributed by atoms with van der Waals surface area (Å²) in [6.07, 6.45) is 0. The molecule has 0 atom stereocenters. The van der Waals surface area contributed by atoms with E-state index in [2.05, 4.69) is 438 Å². The molecule has 0 fully saturated rings. The SMILES string of the molecule is Cc1ccc2oc3ccc(-c4ccccc4)cc3c2c1.Cc1ccc2sc3ccc(-c4ccccc4)cc3c2c1.Cc1cccc2c1oc1c(-c3ccccc3)cccc12.Cc1cccc2c1sc1c(-c3ccccc3)cccc12.Cc1cccc2c1sc1ccccc12.Cc1nc(-c2ccccc2)nc(-c2ccc3sc4ccccc4c3c2)n1.Cn1c2ccccc2c2ccccc21. The maximum atomic E-state index is 6.17. The molecule has 0 saturated heterocycles. The van der Waals surface area contributed by atoms with E-state index in [1.807, 2.05) is 101 Å². The quantitative estimate of drug-likeness (QED) is 0.166. The van der Waals surface area contributed by atoms with Crippen LogP contribution in [0.2, 0.25) is 0 Å². The highest BCUT2D eigenvalue weighted by atomic mass is 32.1. The molecule has 0 aliphatic heterocycles. The zero-order valence-electron chi connectivity index (χ0n) is 75.2. The predicted molar refractivity (Wildman–Crippen MR) is 580 cm³/mol. The first-order valence-corrected chi connectivity index (χ1v) is 48.5. The fraction of sp³-hybridized carbons (Fsp3) is 0.0565. The van der Waals surface area contributed by atoms with Gasteiger partial charge in [-0.2, -0.15) is 0 Å². The Balaban J connectivity index is 0.0000000946. The van der Waals surface area contributed by atoms with Crippen LogP contribution < -0.4 is 0 Å². The molecule has 0 spiro atoms. The van der Waals surface area contributed by atoms with E-state index in [9.17, 15) is 0 Å². The lowest BCUT2D eigenvalue weighted by Gasteiger charge is -2.06. The summed E-state index contributed by atoms with van der Waals surface area (Å²) in [4.78, 5) is 13.8. The van der Waals surface area contributed by atoms with E-state index in [-0.39, 0.29) is 0 Å². The van der Waals surface area contributed by atoms with Crippen LogP contribution in [-0.4, -0.2) is 19.5 Å². The Morgan fingerprint density at radius 2 is 0.567 bits per heavy atom. The zero-order chi connectivity index (χ0) is 90.7. The summed E-state index contributed by atoms with van der Waals surface area (Å²) in [5.41, 5.74) is 25.0. The average molecular weight is 1800 g/mol. The number of aryl methyl sites for hydroxylation is 7. The third-order valence-electron chi connectivity index (χ3n) is 24.9. The van der Waals surface area contributed by atoms with E-state index in [1.165, 1.54) is 191 Å². The second kappa shape index (κ2) is 37.7. The van der Waals surface area contributed by atoms with E-state index in [0.29, 0.717) is 11.6 Å². The first-order valence-electron chi connectivity index (χ1n) is 45.2. The Bertz CT molecular complexity index is 8600. The molecule has 27 rings (SSSR count). The summed E-state index contributed by atoms with van der Waals surface area (Å²) in [6, 6.07) is 151. The Hall–Kier alpha value is -15.5. The van der Waals surface area contributed by atoms with E-state index in [1.54, 1.807) is 0 Å². The molecule has 0 unspecified atom stereocenters. The maximum Gasteiger partial charge on any atom is 0.163 e. The van der Waals surface area contributed by atoms with Crippen LogP contribution in [-0.2, 0) is 7.05 Å². The van der Waals surface area contributed by atoms with Crippen molar-refractivity contribution in [2.75, 3.05) is 0 Å². The Morgan fingerprint density at radius 3 is 1.16 bits per heavy atom. The van der Waals surface area contributed by atoms with Gasteiger partial charge in [-0.1, -0.05) is 351 Å². The Labute approximate surface area is 793 Å². The Kier molecular flexibility index (Phi) is 24.0. The van der Waals surface area contributed by atoms with Crippen LogP contribution in [0.3, 0.4) is 0 Å². The van der Waals surface area contributed by atoms with Gasteiger partial charge in [0.15, 0.2) is 11.6 Å². The molecule has 0 saturated carbocycles. The standard InChI is InChI=1S/C22H15N3S.2C19H14O.2C19H14S.C13H11N.C13H10S/c1-14-23-21(15-7-3-2-4-8-15)25-22(24-14)16-11-12-20-18(13-16)17-9-5-6-10-19(17)26-20;1-13-7-5-11-16-17-12-6-10-15(19(17)20-18(13)16)14-8-3-2-4-9-14;1-13-7-9-18-16(11-13)17-12-15(8-10-19(17)20-18)14-5-3-2-4-6-14;1-13-7-5-11-16-17-12-6-10-15(19(17)20-18(13)16)14-8-3-2-4-9-14;1-13-7-9-18-16(11-13)17-12-15(8-10-19(17)20-18)14-5-3-2-4-6-14;1-14-12-8-4-2-6-10(12)11-7-3-5-9-13(11)14;1-9-5-4-7-11-10-6-2-3-8-12(10)14-13(9)11/h2-13H,1H3;4*2-12H,1H3;2-9H,1H3;2-8H,1H3. The van der Waals surface area contributed by atoms with E-state index < -0.39 is 0 Å². The largest absolute Gasteiger partial charge is 0.456 e. The number of nitrogens with zero attached hydrogens (tertiary/aromatic N) is 4. The minimum atomic E-state index is 0.711. The number of rotatable bonds is 6. The highest BCUT2D eigenvalue weighted by molar-refractivity contribution is 7.27. The van der Waals surface area contributed by atoms with Crippen molar-refractivity contribution < 1.29 is 8.83 Å². The summed E-state index contributed by atoms with van der Waals surface area (Å²) in [7, 11) is 2.12. The van der Waals surface area contributed by atoms with Crippen LogP contribution in [0.15, 0.2) is 440 Å². The summed E-state index contributed by atoms with van der Waals surface area (Å²) < 4.78 is 25.2. The molecule has 6 nitrogen and oxygen atoms in total. The van der Waals surface area contributed by atoms with Crippen molar-refractivity contribution >= 4 is 192 Å². The van der Waals surface area contributed by atoms with Crippen molar-refractivity contribution in [3.8, 4) is 67.3 Å². The van der Waals surface area contributed by atoms with Gasteiger partial charge in [-0.15, -0.1) is 45.3 Å². The van der Waals surface area contributed by atoms with Crippen molar-refractivity contribution in [3.63, 3.8) is 0 Å². The molecule has 19 aromatic carbocycles. The minimum absolute atomic E-state index is 0.711. The molecule has 8 aromatic heterocycles. The van der Waals surface area contributed by atoms with Crippen LogP contribution in [0.4, 0.5) is 0 Å². The molecule has 10 heteroatoms. The van der Waals surface area contributed by atoms with Gasteiger partial charge in [0.05, 0.1) is 0 Å². The molecule has 0 amide bonds. The summed E-state index contributed by atoms with van der Waals surface area (Å²) >= 11 is 7.49. The van der Waals surface area contributed by atoms with Gasteiger partial charge in [-0.3, -0.25) is 0 Å². The van der Waals surface area contributed by atoms with Gasteiger partial charge < -0.3 is 13.4 Å². The third kappa shape index (κ3) is 17.3. The van der Waals surface area contributed by atoms with Crippen molar-refractivity contribution in [3.05, 3.63) is 464 Å². The number of furan rings is 2. The highest BCUT2D eigenvalue weighted by Crippen LogP contribution is 2.45. The molecule has 8 heterocycles. The number of para-hydroxylation sites is 4. The smallest absolute Gasteiger partial charge is 0.163 e. The average Bonchev–Trinajstić information content (AvgIpc) is 1.61. The van der Waals surface area contributed by atoms with Crippen molar-refractivity contribution in [2.24, 2.45) is 7.05 Å². The highest BCUT2D eigenvalue weighted by Gasteiger charge is 2.18. The van der Waals surface area contributed by atoms with Gasteiger partial charge in [-0.25, -0.2) is 15.0 Å². The molecule has 0 aliphatic carbocycles. The van der Waals surface area contributed by atoms with Crippen LogP contribution in [0, 0.1) is 41.5 Å². The number of aromatic nitrogens is 4. The van der Waals surface area contributed by atoms with Crippen LogP contribution in [0.25, 0.3) is 214 Å². The van der Waals surface area contributed by atoms with Gasteiger partial charge in [0, 0.05) is 148 Å². The fourth-order valence-corrected chi connectivity index (χ4v) is 22.8. The van der Waals surface area contributed by atoms with Crippen molar-refractivity contribution in [1.29, 1.82) is 0 Å². The normalized spacial score (nSPS) is 11.2. The number of fused-ring (bicyclic) bond motifs is 21. The minimum Gasteiger partial charge on any atom is -0.456 e. The summed E-state index contributed by atoms with van der Waals surface area (Å²) in [6.45, 7) is 12.6. The molecule has 0 N–H and O–H groups in total. The zero-order valence-corrected chi connectivity index (χ0v) is 78.5. The van der Waals surface area contributed by atoms with E-state index in [4.69, 9.17) is 13.8 Å². The predicted octanol–water partition coefficient (Wildman–Crippen LogP) is 36.8. The van der Waals surface area contributed by atoms with Crippen LogP contribution >= 0.6 is 45.3 Å². The van der Waals surface area contributed by atoms with E-state index in [0.717, 1.165) is 44.8 Å². The second-order valence-electron chi connectivity index (χ2n) is 33.9. The summed E-state index contributed by atoms with van der Waals surface area (Å²) in [5, 5.41) is 18.2. The molecule has 644 valence electrons. The fourth-order valence-electron chi connectivity index (χ4n) is 18.2. The van der Waals surface area contributed by atoms with Gasteiger partial charge in [0.1, 0.15) is 28.2 Å². The first kappa shape index (κ1) is 85.3. The van der Waals surface area contributed by atoms with Gasteiger partial charge in [0.25, 0.3) is 0 Å². The molecule has 134 heavy (non-hydrogen) atoms. The van der Waals surface area contributed by atoms with Crippen molar-refractivity contribution in [1.82, 2.24) is 19.5 Å². The summed E-state index contributed by atoms with van der Waals surface area (Å²) in [5.74, 6) is 2.15. The monoisotopic (exact) mass is 1800 g/mol. The third-order valence-corrected chi connectivity index (χ3v) is 29.9. The molecule has 0 bridgehead atoms. The second-order valence-corrected chi connectivity index (χ2v) is 38.1. The van der Waals surface area contributed by atoms with Crippen LogP contribution in [0.1, 0.15) is 33.6 Å². The van der Waals surface area contributed by atoms with E-state index >= 15 is 0 Å². The molecular weight excluding hydrogens is 1710 g/mol. The topological polar surface area (TPSA) is 69.9 Å². The molecule has 27 aromatic rings. The number of thiophene rings is 4. The lowest BCUT2D eigenvalue weighted by atomic mass is 10.0. The number of benzene rings is 19. The van der Waals surface area contributed by atoms with Crippen molar-refractivity contribution in [2.45, 2.75) is 41.5 Å². The number of hydrogen-bond donors (Lipinski definition) is 0. The molecule has 0 aliphatic rings. The lowest BCUT2D eigenvalue weighted by molar-refractivity contribution is 0.667. The molecular formula is C124H92N4O2S4. The van der Waals surface area contributed by atoms with Gasteiger partial charge in [0.2, 0.25) is 0 Å². The van der Waals surface area contributed by atoms with Gasteiger partial charge >= 0.3 is 0 Å². The molecule has 0 radical (unpaired) electrons. The maximum absolute atomic E-state index is 6.17. The number of hydrogen-bond acceptors (Lipinski definition) is 9. The lowest BCUT2D eigenvalue weighted by Crippen LogP contribution is -1.99. The Morgan fingerprint density at radius 1 is 0.209 bits per heavy atom. The van der Waals surface area contributed by atoms with Gasteiger partial charge in [-0.05, 0) is 188 Å².